The Bertz CT molecular complexity index is 537. The Balaban J connectivity index is 3.03. The van der Waals surface area contributed by atoms with Gasteiger partial charge in [0.15, 0.2) is 0 Å². The van der Waals surface area contributed by atoms with E-state index in [1.165, 1.54) is 11.1 Å². The van der Waals surface area contributed by atoms with Crippen LogP contribution in [-0.4, -0.2) is 73.2 Å². The summed E-state index contributed by atoms with van der Waals surface area (Å²) in [5, 5.41) is 0. The second-order valence-electron chi connectivity index (χ2n) is 7.19. The van der Waals surface area contributed by atoms with E-state index in [0.717, 1.165) is 0 Å². The van der Waals surface area contributed by atoms with Crippen molar-refractivity contribution in [3.63, 3.8) is 0 Å². The lowest BCUT2D eigenvalue weighted by molar-refractivity contribution is -0.105. The van der Waals surface area contributed by atoms with Crippen molar-refractivity contribution >= 4 is 20.8 Å². The number of nitrogens with zero attached hydrogens (tertiary/aromatic N) is 2. The number of carbonyl (C=O) groups is 2. The number of hydrogen-bond acceptors (Lipinski definition) is 7. The Morgan fingerprint density at radius 1 is 1.29 bits per heavy atom. The van der Waals surface area contributed by atoms with Gasteiger partial charge in [0.1, 0.15) is 18.6 Å². The monoisotopic (exact) mass is 419 g/mol. The van der Waals surface area contributed by atoms with Crippen LogP contribution in [-0.2, 0) is 23.3 Å². The number of hydrogen-bond donors (Lipinski definition) is 1. The molecule has 0 aromatic heterocycles. The summed E-state index contributed by atoms with van der Waals surface area (Å²) in [7, 11) is 1.86. The van der Waals surface area contributed by atoms with Crippen molar-refractivity contribution in [2.45, 2.75) is 71.6 Å². The lowest BCUT2D eigenvalue weighted by Crippen LogP contribution is -2.40. The third-order valence-electron chi connectivity index (χ3n) is 4.23. The predicted octanol–water partition coefficient (Wildman–Crippen LogP) is 2.61. The Hall–Kier alpha value is -1.09. The maximum absolute atomic E-state index is 11.9. The average molecular weight is 419 g/mol. The molecule has 4 unspecified atom stereocenters. The van der Waals surface area contributed by atoms with E-state index in [0.29, 0.717) is 24.9 Å². The van der Waals surface area contributed by atoms with E-state index < -0.39 is 26.9 Å². The van der Waals surface area contributed by atoms with Crippen LogP contribution in [0.15, 0.2) is 11.8 Å². The van der Waals surface area contributed by atoms with Crippen LogP contribution in [0.3, 0.4) is 0 Å². The van der Waals surface area contributed by atoms with Crippen molar-refractivity contribution < 1.29 is 28.1 Å². The Kier molecular flexibility index (Phi) is 10.5. The van der Waals surface area contributed by atoms with Crippen molar-refractivity contribution in [3.05, 3.63) is 11.8 Å². The number of ether oxygens (including phenoxy) is 2. The van der Waals surface area contributed by atoms with Crippen molar-refractivity contribution in [2.75, 3.05) is 20.8 Å². The van der Waals surface area contributed by atoms with Crippen LogP contribution in [0, 0.1) is 0 Å². The maximum atomic E-state index is 11.9. The molecule has 10 heteroatoms. The Labute approximate surface area is 169 Å². The molecule has 0 aliphatic carbocycles. The standard InChI is InChI=1S/C18H34N3O6P/c1-12(2)21(13(3)4)28(25-7)27-15-8-17(26-16(15)11-24-6)20(18(19)23)9-14(5)10-22/h9-10,12-13,15-17H,8,11H2,1-7H3,(H2,19,23)/b14-9-. The molecule has 4 atom stereocenters. The number of methoxy groups -OCH3 is 1. The normalized spacial score (nSPS) is 24.2. The van der Waals surface area contributed by atoms with Gasteiger partial charge in [-0.2, -0.15) is 0 Å². The molecule has 1 saturated heterocycles. The van der Waals surface area contributed by atoms with Gasteiger partial charge >= 0.3 is 6.03 Å². The SMILES string of the molecule is COCC1OC(N(/C=C(/C)C=O)C(N)=O)CC1OP(OC)N(C(C)C)C(C)C. The second-order valence-corrected chi connectivity index (χ2v) is 8.70. The van der Waals surface area contributed by atoms with Gasteiger partial charge in [0.25, 0.3) is 8.53 Å². The van der Waals surface area contributed by atoms with Gasteiger partial charge in [-0.05, 0) is 34.6 Å². The molecule has 0 saturated carbocycles. The fourth-order valence-electron chi connectivity index (χ4n) is 3.12. The topological polar surface area (TPSA) is 104 Å². The minimum absolute atomic E-state index is 0.227. The van der Waals surface area contributed by atoms with Crippen LogP contribution in [0.25, 0.3) is 0 Å². The highest BCUT2D eigenvalue weighted by molar-refractivity contribution is 7.44. The highest BCUT2D eigenvalue weighted by atomic mass is 31.2. The molecule has 162 valence electrons. The van der Waals surface area contributed by atoms with Crippen molar-refractivity contribution in [3.8, 4) is 0 Å². The Morgan fingerprint density at radius 3 is 2.32 bits per heavy atom. The molecule has 0 aromatic rings. The van der Waals surface area contributed by atoms with Gasteiger partial charge in [0.05, 0.1) is 12.7 Å². The van der Waals surface area contributed by atoms with Crippen LogP contribution >= 0.6 is 8.53 Å². The van der Waals surface area contributed by atoms with Gasteiger partial charge in [-0.25, -0.2) is 9.46 Å². The zero-order chi connectivity index (χ0) is 21.4. The van der Waals surface area contributed by atoms with E-state index in [9.17, 15) is 9.59 Å². The number of nitrogens with two attached hydrogens (primary N) is 1. The smallest absolute Gasteiger partial charge is 0.320 e. The highest BCUT2D eigenvalue weighted by Gasteiger charge is 2.42. The first-order chi connectivity index (χ1) is 13.2. The number of primary amides is 1. The summed E-state index contributed by atoms with van der Waals surface area (Å²) in [6, 6.07) is -0.251. The molecule has 1 rings (SSSR count). The van der Waals surface area contributed by atoms with E-state index in [1.807, 2.05) is 0 Å². The molecule has 9 nitrogen and oxygen atoms in total. The number of aldehydes is 1. The van der Waals surface area contributed by atoms with E-state index in [2.05, 4.69) is 32.4 Å². The molecule has 28 heavy (non-hydrogen) atoms. The fourth-order valence-corrected chi connectivity index (χ4v) is 4.71. The zero-order valence-corrected chi connectivity index (χ0v) is 18.7. The fraction of sp³-hybridized carbons (Fsp3) is 0.778. The minimum atomic E-state index is -1.33. The number of rotatable bonds is 11. The average Bonchev–Trinajstić information content (AvgIpc) is 3.00. The first kappa shape index (κ1) is 24.9. The zero-order valence-electron chi connectivity index (χ0n) is 17.8. The van der Waals surface area contributed by atoms with Crippen LogP contribution in [0.4, 0.5) is 4.79 Å². The number of carbonyl (C=O) groups excluding carboxylic acids is 2. The molecule has 0 radical (unpaired) electrons. The second kappa shape index (κ2) is 11.8. The van der Waals surface area contributed by atoms with Gasteiger partial charge in [0, 0.05) is 44.5 Å². The lowest BCUT2D eigenvalue weighted by Gasteiger charge is -2.36. The summed E-state index contributed by atoms with van der Waals surface area (Å²) < 4.78 is 25.4. The van der Waals surface area contributed by atoms with Crippen LogP contribution in [0.2, 0.25) is 0 Å². The molecule has 2 amide bonds. The predicted molar refractivity (Wildman–Crippen MR) is 107 cm³/mol. The summed E-state index contributed by atoms with van der Waals surface area (Å²) in [5.41, 5.74) is 5.85. The van der Waals surface area contributed by atoms with Crippen molar-refractivity contribution in [1.29, 1.82) is 0 Å². The minimum Gasteiger partial charge on any atom is -0.382 e. The lowest BCUT2D eigenvalue weighted by atomic mass is 10.2. The molecule has 0 spiro atoms. The Morgan fingerprint density at radius 2 is 1.89 bits per heavy atom. The molecule has 1 fully saturated rings. The van der Waals surface area contributed by atoms with Gasteiger partial charge in [-0.1, -0.05) is 0 Å². The molecule has 1 aliphatic rings. The quantitative estimate of drug-likeness (QED) is 0.312. The molecule has 0 aromatic carbocycles. The van der Waals surface area contributed by atoms with Gasteiger partial charge in [-0.3, -0.25) is 9.69 Å². The largest absolute Gasteiger partial charge is 0.382 e. The van der Waals surface area contributed by atoms with E-state index in [-0.39, 0.29) is 18.2 Å². The van der Waals surface area contributed by atoms with Gasteiger partial charge in [0.2, 0.25) is 0 Å². The van der Waals surface area contributed by atoms with E-state index in [1.54, 1.807) is 21.1 Å². The molecular formula is C18H34N3O6P. The first-order valence-electron chi connectivity index (χ1n) is 9.31. The number of urea groups is 1. The molecule has 2 N–H and O–H groups in total. The molecule has 1 aliphatic heterocycles. The van der Waals surface area contributed by atoms with E-state index in [4.69, 9.17) is 24.3 Å². The summed E-state index contributed by atoms with van der Waals surface area (Å²) in [4.78, 5) is 24.0. The maximum Gasteiger partial charge on any atom is 0.320 e. The third-order valence-corrected chi connectivity index (χ3v) is 6.30. The van der Waals surface area contributed by atoms with Crippen LogP contribution < -0.4 is 5.73 Å². The van der Waals surface area contributed by atoms with Gasteiger partial charge in [-0.15, -0.1) is 0 Å². The number of allylic oxidation sites excluding steroid dienone is 1. The van der Waals surface area contributed by atoms with Gasteiger partial charge < -0.3 is 24.3 Å². The summed E-state index contributed by atoms with van der Waals surface area (Å²) in [5.74, 6) is 0. The molecule has 0 bridgehead atoms. The number of amides is 2. The molecule has 1 heterocycles. The highest BCUT2D eigenvalue weighted by Crippen LogP contribution is 2.48. The van der Waals surface area contributed by atoms with Crippen molar-refractivity contribution in [1.82, 2.24) is 9.57 Å². The molecular weight excluding hydrogens is 385 g/mol. The summed E-state index contributed by atoms with van der Waals surface area (Å²) in [6.07, 6.45) is 1.01. The first-order valence-corrected chi connectivity index (χ1v) is 10.4. The van der Waals surface area contributed by atoms with E-state index >= 15 is 0 Å². The summed E-state index contributed by atoms with van der Waals surface area (Å²) >= 11 is 0. The third kappa shape index (κ3) is 6.76. The summed E-state index contributed by atoms with van der Waals surface area (Å²) in [6.45, 7) is 10.2. The van der Waals surface area contributed by atoms with Crippen LogP contribution in [0.5, 0.6) is 0 Å². The van der Waals surface area contributed by atoms with Crippen molar-refractivity contribution in [2.24, 2.45) is 5.73 Å². The van der Waals surface area contributed by atoms with Crippen LogP contribution in [0.1, 0.15) is 41.0 Å².